The summed E-state index contributed by atoms with van der Waals surface area (Å²) in [6, 6.07) is 4.17. The van der Waals surface area contributed by atoms with Crippen molar-refractivity contribution in [2.75, 3.05) is 40.3 Å². The maximum absolute atomic E-state index is 12.7. The van der Waals surface area contributed by atoms with Crippen LogP contribution in [-0.2, 0) is 11.3 Å². The van der Waals surface area contributed by atoms with Gasteiger partial charge in [0.2, 0.25) is 5.91 Å². The lowest BCUT2D eigenvalue weighted by Gasteiger charge is -2.30. The summed E-state index contributed by atoms with van der Waals surface area (Å²) in [5.74, 6) is 0.542. The van der Waals surface area contributed by atoms with Gasteiger partial charge in [0.25, 0.3) is 0 Å². The Balaban J connectivity index is 0.00000220. The molecule has 1 saturated heterocycles. The van der Waals surface area contributed by atoms with Crippen LogP contribution in [0, 0.1) is 5.92 Å². The number of nitrogens with zero attached hydrogens (tertiary/aromatic N) is 2. The number of nitrogens with one attached hydrogen (secondary N) is 1. The second-order valence-corrected chi connectivity index (χ2v) is 6.70. The molecule has 2 heterocycles. The van der Waals surface area contributed by atoms with Crippen molar-refractivity contribution in [3.63, 3.8) is 0 Å². The number of hydrogen-bond acceptors (Lipinski definition) is 4. The molecule has 2 rings (SSSR count). The molecule has 0 spiro atoms. The first-order chi connectivity index (χ1) is 9.66. The summed E-state index contributed by atoms with van der Waals surface area (Å²) >= 11 is 1.73. The highest BCUT2D eigenvalue weighted by Crippen LogP contribution is 2.18. The molecule has 1 fully saturated rings. The van der Waals surface area contributed by atoms with Crippen LogP contribution in [-0.4, -0.2) is 56.0 Å². The Morgan fingerprint density at radius 1 is 1.33 bits per heavy atom. The topological polar surface area (TPSA) is 35.6 Å². The molecule has 1 aromatic rings. The number of halogens is 1. The zero-order valence-corrected chi connectivity index (χ0v) is 14.5. The minimum Gasteiger partial charge on any atom is -0.336 e. The molecule has 4 nitrogen and oxygen atoms in total. The molecule has 1 N–H and O–H groups in total. The summed E-state index contributed by atoms with van der Waals surface area (Å²) in [6.45, 7) is 4.43. The van der Waals surface area contributed by atoms with Crippen LogP contribution in [0.4, 0.5) is 0 Å². The van der Waals surface area contributed by atoms with E-state index >= 15 is 0 Å². The number of carbonyl (C=O) groups excluding carboxylic acids is 1. The van der Waals surface area contributed by atoms with E-state index in [1.807, 2.05) is 4.90 Å². The van der Waals surface area contributed by atoms with Crippen LogP contribution in [0.3, 0.4) is 0 Å². The summed E-state index contributed by atoms with van der Waals surface area (Å²) < 4.78 is 0. The van der Waals surface area contributed by atoms with Crippen molar-refractivity contribution >= 4 is 29.7 Å². The zero-order chi connectivity index (χ0) is 14.4. The highest BCUT2D eigenvalue weighted by atomic mass is 35.5. The lowest BCUT2D eigenvalue weighted by Crippen LogP contribution is -2.43. The van der Waals surface area contributed by atoms with E-state index in [0.29, 0.717) is 5.91 Å². The van der Waals surface area contributed by atoms with E-state index < -0.39 is 0 Å². The smallest absolute Gasteiger partial charge is 0.226 e. The molecule has 1 amide bonds. The average Bonchev–Trinajstić information content (AvgIpc) is 2.96. The van der Waals surface area contributed by atoms with Gasteiger partial charge in [-0.25, -0.2) is 0 Å². The number of carbonyl (C=O) groups is 1. The van der Waals surface area contributed by atoms with Gasteiger partial charge in [0, 0.05) is 23.9 Å². The van der Waals surface area contributed by atoms with Crippen molar-refractivity contribution in [1.29, 1.82) is 0 Å². The fourth-order valence-electron chi connectivity index (χ4n) is 2.51. The van der Waals surface area contributed by atoms with Gasteiger partial charge >= 0.3 is 0 Å². The van der Waals surface area contributed by atoms with Crippen molar-refractivity contribution in [3.05, 3.63) is 22.4 Å². The first-order valence-corrected chi connectivity index (χ1v) is 8.21. The van der Waals surface area contributed by atoms with Crippen LogP contribution in [0.15, 0.2) is 17.5 Å². The molecule has 0 aliphatic carbocycles. The molecule has 21 heavy (non-hydrogen) atoms. The molecule has 0 aromatic carbocycles. The third-order valence-electron chi connectivity index (χ3n) is 3.74. The first kappa shape index (κ1) is 18.4. The summed E-state index contributed by atoms with van der Waals surface area (Å²) in [6.07, 6.45) is 1.95. The van der Waals surface area contributed by atoms with Crippen LogP contribution in [0.1, 0.15) is 17.7 Å². The van der Waals surface area contributed by atoms with E-state index in [-0.39, 0.29) is 18.3 Å². The highest BCUT2D eigenvalue weighted by Gasteiger charge is 2.26. The normalized spacial score (nSPS) is 15.8. The van der Waals surface area contributed by atoms with E-state index in [4.69, 9.17) is 0 Å². The van der Waals surface area contributed by atoms with Crippen molar-refractivity contribution in [2.24, 2.45) is 5.92 Å². The summed E-state index contributed by atoms with van der Waals surface area (Å²) in [4.78, 5) is 18.2. The molecule has 0 saturated carbocycles. The molecule has 0 bridgehead atoms. The van der Waals surface area contributed by atoms with Gasteiger partial charge in [0.15, 0.2) is 0 Å². The second-order valence-electron chi connectivity index (χ2n) is 5.67. The number of piperidine rings is 1. The van der Waals surface area contributed by atoms with Crippen LogP contribution in [0.2, 0.25) is 0 Å². The van der Waals surface area contributed by atoms with Crippen molar-refractivity contribution in [1.82, 2.24) is 15.1 Å². The monoisotopic (exact) mass is 331 g/mol. The van der Waals surface area contributed by atoms with Crippen molar-refractivity contribution in [3.8, 4) is 0 Å². The maximum atomic E-state index is 12.7. The Labute approximate surface area is 137 Å². The van der Waals surface area contributed by atoms with Gasteiger partial charge in [0.05, 0.1) is 6.54 Å². The first-order valence-electron chi connectivity index (χ1n) is 7.33. The van der Waals surface area contributed by atoms with Crippen LogP contribution in [0.5, 0.6) is 0 Å². The van der Waals surface area contributed by atoms with Gasteiger partial charge in [-0.3, -0.25) is 4.79 Å². The number of likely N-dealkylation sites (N-methyl/N-ethyl adjacent to an activating group) is 1. The highest BCUT2D eigenvalue weighted by molar-refractivity contribution is 7.09. The van der Waals surface area contributed by atoms with Crippen LogP contribution in [0.25, 0.3) is 0 Å². The Kier molecular flexibility index (Phi) is 8.26. The Morgan fingerprint density at radius 3 is 2.62 bits per heavy atom. The molecule has 0 atom stereocenters. The molecular formula is C15H26ClN3OS. The van der Waals surface area contributed by atoms with Crippen LogP contribution >= 0.6 is 23.7 Å². The third kappa shape index (κ3) is 5.94. The summed E-state index contributed by atoms with van der Waals surface area (Å²) in [5.41, 5.74) is 0. The minimum atomic E-state index is 0. The molecule has 1 aliphatic rings. The Bertz CT molecular complexity index is 405. The fraction of sp³-hybridized carbons (Fsp3) is 0.667. The van der Waals surface area contributed by atoms with E-state index in [1.165, 1.54) is 4.88 Å². The molecular weight excluding hydrogens is 306 g/mol. The van der Waals surface area contributed by atoms with Gasteiger partial charge in [-0.2, -0.15) is 0 Å². The maximum Gasteiger partial charge on any atom is 0.226 e. The van der Waals surface area contributed by atoms with Gasteiger partial charge < -0.3 is 15.1 Å². The zero-order valence-electron chi connectivity index (χ0n) is 12.9. The summed E-state index contributed by atoms with van der Waals surface area (Å²) in [7, 11) is 4.11. The van der Waals surface area contributed by atoms with Gasteiger partial charge in [0.1, 0.15) is 0 Å². The largest absolute Gasteiger partial charge is 0.336 e. The SMILES string of the molecule is CN(C)CCN(Cc1cccs1)C(=O)C1CCNCC1.Cl. The van der Waals surface area contributed by atoms with E-state index in [1.54, 1.807) is 11.3 Å². The van der Waals surface area contributed by atoms with Crippen molar-refractivity contribution in [2.45, 2.75) is 19.4 Å². The van der Waals surface area contributed by atoms with Crippen LogP contribution < -0.4 is 5.32 Å². The Hall–Kier alpha value is -0.620. The number of thiophene rings is 1. The third-order valence-corrected chi connectivity index (χ3v) is 4.61. The average molecular weight is 332 g/mol. The number of hydrogen-bond donors (Lipinski definition) is 1. The summed E-state index contributed by atoms with van der Waals surface area (Å²) in [5, 5.41) is 5.41. The van der Waals surface area contributed by atoms with Gasteiger partial charge in [-0.05, 0) is 51.5 Å². The molecule has 1 aliphatic heterocycles. The lowest BCUT2D eigenvalue weighted by atomic mass is 9.96. The lowest BCUT2D eigenvalue weighted by molar-refractivity contribution is -0.137. The second kappa shape index (κ2) is 9.41. The van der Waals surface area contributed by atoms with E-state index in [2.05, 4.69) is 41.8 Å². The molecule has 6 heteroatoms. The standard InChI is InChI=1S/C15H25N3OS.ClH/c1-17(2)9-10-18(12-14-4-3-11-20-14)15(19)13-5-7-16-8-6-13;/h3-4,11,13,16H,5-10,12H2,1-2H3;1H. The minimum absolute atomic E-state index is 0. The van der Waals surface area contributed by atoms with E-state index in [9.17, 15) is 4.79 Å². The molecule has 0 radical (unpaired) electrons. The molecule has 120 valence electrons. The fourth-order valence-corrected chi connectivity index (χ4v) is 3.23. The molecule has 0 unspecified atom stereocenters. The predicted molar refractivity (Wildman–Crippen MR) is 91.1 cm³/mol. The van der Waals surface area contributed by atoms with E-state index in [0.717, 1.165) is 45.6 Å². The molecule has 1 aromatic heterocycles. The van der Waals surface area contributed by atoms with Gasteiger partial charge in [-0.1, -0.05) is 6.07 Å². The quantitative estimate of drug-likeness (QED) is 0.866. The predicted octanol–water partition coefficient (Wildman–Crippen LogP) is 2.06. The number of amides is 1. The Morgan fingerprint density at radius 2 is 2.05 bits per heavy atom. The van der Waals surface area contributed by atoms with Gasteiger partial charge in [-0.15, -0.1) is 23.7 Å². The number of rotatable bonds is 6. The van der Waals surface area contributed by atoms with Crippen molar-refractivity contribution < 1.29 is 4.79 Å².